The number of carboxylic acids is 1. The molecule has 0 radical (unpaired) electrons. The molecule has 0 fully saturated rings. The van der Waals surface area contributed by atoms with Crippen LogP contribution in [0.2, 0.25) is 0 Å². The molecular formula is C7H5N3O4S. The lowest BCUT2D eigenvalue weighted by Crippen LogP contribution is -1.98. The molecule has 1 aromatic rings. The van der Waals surface area contributed by atoms with E-state index in [0.29, 0.717) is 0 Å². The summed E-state index contributed by atoms with van der Waals surface area (Å²) in [5, 5.41) is 11.8. The Bertz CT molecular complexity index is 481. The fraction of sp³-hybridized carbons (Fsp3) is 0. The average molecular weight is 227 g/mol. The van der Waals surface area contributed by atoms with Crippen molar-refractivity contribution in [2.45, 2.75) is 4.90 Å². The fourth-order valence-electron chi connectivity index (χ4n) is 0.932. The molecule has 8 heteroatoms. The van der Waals surface area contributed by atoms with Gasteiger partial charge in [0.2, 0.25) is 0 Å². The lowest BCUT2D eigenvalue weighted by molar-refractivity contribution is 0.0697. The van der Waals surface area contributed by atoms with Crippen LogP contribution in [-0.4, -0.2) is 19.8 Å². The first kappa shape index (κ1) is 11.2. The summed E-state index contributed by atoms with van der Waals surface area (Å²) in [5.74, 6) is -1.27. The molecule has 0 heterocycles. The molecule has 1 aromatic carbocycles. The van der Waals surface area contributed by atoms with E-state index in [1.807, 2.05) is 0 Å². The predicted octanol–water partition coefficient (Wildman–Crippen LogP) is 1.91. The van der Waals surface area contributed by atoms with E-state index >= 15 is 0 Å². The van der Waals surface area contributed by atoms with Crippen molar-refractivity contribution < 1.29 is 18.7 Å². The second kappa shape index (κ2) is 4.56. The minimum atomic E-state index is -2.24. The zero-order valence-corrected chi connectivity index (χ0v) is 8.01. The molecule has 0 aliphatic carbocycles. The first-order valence-electron chi connectivity index (χ1n) is 3.59. The minimum absolute atomic E-state index is 0.0256. The minimum Gasteiger partial charge on any atom is -0.478 e. The number of carboxylic acid groups (broad SMARTS) is 1. The van der Waals surface area contributed by atoms with Crippen LogP contribution in [0.4, 0.5) is 5.69 Å². The molecule has 1 atom stereocenters. The van der Waals surface area contributed by atoms with Gasteiger partial charge in [0.25, 0.3) is 0 Å². The van der Waals surface area contributed by atoms with Crippen LogP contribution in [0.15, 0.2) is 28.2 Å². The Kier molecular flexibility index (Phi) is 3.40. The predicted molar refractivity (Wildman–Crippen MR) is 51.2 cm³/mol. The lowest BCUT2D eigenvalue weighted by Gasteiger charge is -2.01. The number of hydrogen-bond acceptors (Lipinski definition) is 3. The molecule has 0 spiro atoms. The quantitative estimate of drug-likeness (QED) is 0.354. The third-order valence-electron chi connectivity index (χ3n) is 1.55. The number of azide groups is 1. The van der Waals surface area contributed by atoms with Gasteiger partial charge in [-0.25, -0.2) is 9.00 Å². The van der Waals surface area contributed by atoms with Crippen molar-refractivity contribution in [2.75, 3.05) is 0 Å². The van der Waals surface area contributed by atoms with Gasteiger partial charge in [-0.05, 0) is 23.7 Å². The topological polar surface area (TPSA) is 123 Å². The summed E-state index contributed by atoms with van der Waals surface area (Å²) >= 11 is -2.24. The number of carbonyl (C=O) groups is 1. The average Bonchev–Trinajstić information content (AvgIpc) is 2.17. The van der Waals surface area contributed by atoms with E-state index in [4.69, 9.17) is 15.2 Å². The first-order valence-corrected chi connectivity index (χ1v) is 4.70. The van der Waals surface area contributed by atoms with E-state index < -0.39 is 17.0 Å². The summed E-state index contributed by atoms with van der Waals surface area (Å²) in [6.45, 7) is 0. The normalized spacial score (nSPS) is 11.5. The highest BCUT2D eigenvalue weighted by atomic mass is 32.2. The molecule has 0 aliphatic heterocycles. The van der Waals surface area contributed by atoms with Gasteiger partial charge in [0.05, 0.1) is 16.1 Å². The zero-order chi connectivity index (χ0) is 11.4. The number of benzene rings is 1. The third kappa shape index (κ3) is 2.53. The summed E-state index contributed by atoms with van der Waals surface area (Å²) in [6, 6.07) is 3.34. The molecule has 2 N–H and O–H groups in total. The van der Waals surface area contributed by atoms with Gasteiger partial charge in [-0.2, -0.15) is 0 Å². The molecule has 0 aromatic heterocycles. The Balaban J connectivity index is 3.39. The number of rotatable bonds is 3. The second-order valence-electron chi connectivity index (χ2n) is 2.42. The monoisotopic (exact) mass is 227 g/mol. The highest BCUT2D eigenvalue weighted by Crippen LogP contribution is 2.22. The van der Waals surface area contributed by atoms with E-state index in [1.54, 1.807) is 0 Å². The number of aromatic carboxylic acids is 1. The summed E-state index contributed by atoms with van der Waals surface area (Å²) in [4.78, 5) is 13.1. The Morgan fingerprint density at radius 2 is 2.20 bits per heavy atom. The van der Waals surface area contributed by atoms with Crippen LogP contribution in [0.5, 0.6) is 0 Å². The maximum Gasteiger partial charge on any atom is 0.336 e. The molecule has 0 bridgehead atoms. The van der Waals surface area contributed by atoms with Crippen molar-refractivity contribution in [1.29, 1.82) is 0 Å². The van der Waals surface area contributed by atoms with E-state index in [-0.39, 0.29) is 16.1 Å². The summed E-state index contributed by atoms with van der Waals surface area (Å²) < 4.78 is 19.4. The molecule has 78 valence electrons. The highest BCUT2D eigenvalue weighted by molar-refractivity contribution is 7.79. The van der Waals surface area contributed by atoms with Crippen LogP contribution in [0.3, 0.4) is 0 Å². The third-order valence-corrected chi connectivity index (χ3v) is 2.21. The van der Waals surface area contributed by atoms with E-state index in [9.17, 15) is 9.00 Å². The van der Waals surface area contributed by atoms with Gasteiger partial charge in [-0.15, -0.1) is 0 Å². The van der Waals surface area contributed by atoms with Crippen LogP contribution in [-0.2, 0) is 11.1 Å². The van der Waals surface area contributed by atoms with Gasteiger partial charge in [0, 0.05) is 4.91 Å². The number of hydrogen-bond donors (Lipinski definition) is 2. The van der Waals surface area contributed by atoms with Crippen molar-refractivity contribution >= 4 is 22.7 Å². The molecule has 0 saturated carbocycles. The molecule has 15 heavy (non-hydrogen) atoms. The fourth-order valence-corrected chi connectivity index (χ4v) is 1.33. The van der Waals surface area contributed by atoms with Gasteiger partial charge in [0.1, 0.15) is 0 Å². The lowest BCUT2D eigenvalue weighted by atomic mass is 10.2. The van der Waals surface area contributed by atoms with Crippen molar-refractivity contribution in [3.05, 3.63) is 34.2 Å². The second-order valence-corrected chi connectivity index (χ2v) is 3.39. The molecule has 1 unspecified atom stereocenters. The Morgan fingerprint density at radius 3 is 2.67 bits per heavy atom. The molecule has 0 aliphatic rings. The van der Waals surface area contributed by atoms with Crippen molar-refractivity contribution in [1.82, 2.24) is 0 Å². The van der Waals surface area contributed by atoms with Crippen LogP contribution in [0.1, 0.15) is 10.4 Å². The molecule has 0 saturated heterocycles. The summed E-state index contributed by atoms with van der Waals surface area (Å²) in [6.07, 6.45) is 0. The van der Waals surface area contributed by atoms with E-state index in [2.05, 4.69) is 10.0 Å². The summed E-state index contributed by atoms with van der Waals surface area (Å²) in [5.41, 5.74) is 7.77. The standard InChI is InChI=1S/C7H5N3O4S/c8-10-9-6-3-4(15(13)14)1-2-5(6)7(11)12/h1-3H,(H,11,12)(H,13,14). The van der Waals surface area contributed by atoms with Gasteiger partial charge in [0.15, 0.2) is 11.1 Å². The van der Waals surface area contributed by atoms with Crippen LogP contribution < -0.4 is 0 Å². The smallest absolute Gasteiger partial charge is 0.336 e. The maximum atomic E-state index is 10.7. The largest absolute Gasteiger partial charge is 0.478 e. The molecule has 0 amide bonds. The maximum absolute atomic E-state index is 10.7. The molecular weight excluding hydrogens is 222 g/mol. The zero-order valence-electron chi connectivity index (χ0n) is 7.19. The molecule has 1 rings (SSSR count). The number of nitrogens with zero attached hydrogens (tertiary/aromatic N) is 3. The van der Waals surface area contributed by atoms with Gasteiger partial charge < -0.3 is 9.66 Å². The highest BCUT2D eigenvalue weighted by Gasteiger charge is 2.11. The van der Waals surface area contributed by atoms with E-state index in [0.717, 1.165) is 12.1 Å². The van der Waals surface area contributed by atoms with Crippen LogP contribution in [0.25, 0.3) is 10.4 Å². The molecule has 7 nitrogen and oxygen atoms in total. The van der Waals surface area contributed by atoms with Gasteiger partial charge in [-0.1, -0.05) is 5.11 Å². The SMILES string of the molecule is [N-]=[N+]=Nc1cc(S(=O)O)ccc1C(=O)O. The van der Waals surface area contributed by atoms with Crippen molar-refractivity contribution in [2.24, 2.45) is 5.11 Å². The van der Waals surface area contributed by atoms with Crippen LogP contribution >= 0.6 is 0 Å². The van der Waals surface area contributed by atoms with Gasteiger partial charge in [-0.3, -0.25) is 0 Å². The van der Waals surface area contributed by atoms with Gasteiger partial charge >= 0.3 is 5.97 Å². The summed E-state index contributed by atoms with van der Waals surface area (Å²) in [7, 11) is 0. The Labute approximate surface area is 86.3 Å². The first-order chi connectivity index (χ1) is 7.06. The van der Waals surface area contributed by atoms with Crippen LogP contribution in [0, 0.1) is 0 Å². The van der Waals surface area contributed by atoms with E-state index in [1.165, 1.54) is 6.07 Å². The van der Waals surface area contributed by atoms with Crippen molar-refractivity contribution in [3.63, 3.8) is 0 Å². The Hall–Kier alpha value is -1.89. The Morgan fingerprint density at radius 1 is 1.53 bits per heavy atom. The van der Waals surface area contributed by atoms with Crippen molar-refractivity contribution in [3.8, 4) is 0 Å².